The van der Waals surface area contributed by atoms with Gasteiger partial charge in [0.2, 0.25) is 0 Å². The minimum atomic E-state index is 0.436. The first-order valence-electron chi connectivity index (χ1n) is 10.0. The van der Waals surface area contributed by atoms with Crippen LogP contribution in [0.1, 0.15) is 12.8 Å². The maximum absolute atomic E-state index is 7.10. The van der Waals surface area contributed by atoms with Crippen molar-refractivity contribution < 1.29 is 4.74 Å². The van der Waals surface area contributed by atoms with Gasteiger partial charge in [0.05, 0.1) is 24.3 Å². The number of rotatable bonds is 5. The first-order valence-corrected chi connectivity index (χ1v) is 10.9. The van der Waals surface area contributed by atoms with Gasteiger partial charge < -0.3 is 25.7 Å². The highest BCUT2D eigenvalue weighted by atomic mass is 32.2. The number of aliphatic imine (C=N–C) groups is 1. The van der Waals surface area contributed by atoms with Gasteiger partial charge in [-0.15, -0.1) is 0 Å². The molecular weight excluding hydrogens is 386 g/mol. The van der Waals surface area contributed by atoms with Crippen molar-refractivity contribution in [3.63, 3.8) is 0 Å². The molecule has 8 nitrogen and oxygen atoms in total. The van der Waals surface area contributed by atoms with E-state index < -0.39 is 0 Å². The lowest BCUT2D eigenvalue weighted by molar-refractivity contribution is 0.122. The van der Waals surface area contributed by atoms with E-state index in [1.54, 1.807) is 6.33 Å². The minimum Gasteiger partial charge on any atom is -0.378 e. The van der Waals surface area contributed by atoms with Crippen LogP contribution in [0.5, 0.6) is 0 Å². The van der Waals surface area contributed by atoms with Gasteiger partial charge in [0.1, 0.15) is 12.1 Å². The van der Waals surface area contributed by atoms with Crippen LogP contribution in [0.4, 0.5) is 11.5 Å². The Bertz CT molecular complexity index is 884. The second-order valence-electron chi connectivity index (χ2n) is 7.37. The Hall–Kier alpha value is -2.39. The van der Waals surface area contributed by atoms with E-state index in [1.807, 2.05) is 0 Å². The van der Waals surface area contributed by atoms with Crippen molar-refractivity contribution in [2.24, 2.45) is 16.6 Å². The molecular formula is C20H27N7OS. The average molecular weight is 414 g/mol. The molecule has 0 radical (unpaired) electrons. The van der Waals surface area contributed by atoms with Crippen LogP contribution < -0.4 is 15.5 Å². The van der Waals surface area contributed by atoms with E-state index in [9.17, 15) is 0 Å². The van der Waals surface area contributed by atoms with Crippen LogP contribution in [-0.4, -0.2) is 66.6 Å². The number of hydrogen-bond acceptors (Lipinski definition) is 8. The molecule has 0 aliphatic carbocycles. The molecule has 3 heterocycles. The van der Waals surface area contributed by atoms with E-state index in [1.165, 1.54) is 11.2 Å². The molecule has 2 aromatic rings. The third-order valence-electron chi connectivity index (χ3n) is 5.48. The normalized spacial score (nSPS) is 20.8. The lowest BCUT2D eigenvalue weighted by Gasteiger charge is -2.33. The molecule has 3 N–H and O–H groups in total. The maximum Gasteiger partial charge on any atom is 0.159 e. The van der Waals surface area contributed by atoms with E-state index in [4.69, 9.17) is 15.9 Å². The number of amidine groups is 1. The number of piperidine rings is 1. The monoisotopic (exact) mass is 413 g/mol. The van der Waals surface area contributed by atoms with Crippen molar-refractivity contribution in [1.82, 2.24) is 9.97 Å². The van der Waals surface area contributed by atoms with Gasteiger partial charge in [0.25, 0.3) is 0 Å². The number of benzene rings is 1. The van der Waals surface area contributed by atoms with Gasteiger partial charge in [-0.05, 0) is 48.7 Å². The van der Waals surface area contributed by atoms with Crippen LogP contribution in [0.3, 0.4) is 0 Å². The van der Waals surface area contributed by atoms with Gasteiger partial charge in [-0.1, -0.05) is 0 Å². The Morgan fingerprint density at radius 1 is 1.28 bits per heavy atom. The van der Waals surface area contributed by atoms with E-state index in [0.29, 0.717) is 17.6 Å². The number of nitrogens with two attached hydrogens (primary N) is 1. The van der Waals surface area contributed by atoms with Gasteiger partial charge in [0, 0.05) is 43.8 Å². The average Bonchev–Trinajstić information content (AvgIpc) is 2.78. The Kier molecular flexibility index (Phi) is 6.46. The van der Waals surface area contributed by atoms with E-state index >= 15 is 0 Å². The van der Waals surface area contributed by atoms with Gasteiger partial charge in [-0.25, -0.2) is 9.97 Å². The summed E-state index contributed by atoms with van der Waals surface area (Å²) in [6.07, 6.45) is 3.91. The number of ether oxygens (including phenoxy) is 1. The zero-order chi connectivity index (χ0) is 20.1. The third-order valence-corrected chi connectivity index (χ3v) is 5.97. The van der Waals surface area contributed by atoms with Gasteiger partial charge in [-0.2, -0.15) is 0 Å². The topological polar surface area (TPSA) is 104 Å². The lowest BCUT2D eigenvalue weighted by Crippen LogP contribution is -2.37. The second kappa shape index (κ2) is 9.41. The molecule has 2 saturated heterocycles. The predicted molar refractivity (Wildman–Crippen MR) is 120 cm³/mol. The lowest BCUT2D eigenvalue weighted by atomic mass is 9.98. The summed E-state index contributed by atoms with van der Waals surface area (Å²) in [6.45, 7) is 5.95. The number of fused-ring (bicyclic) bond motifs is 1. The maximum atomic E-state index is 7.10. The number of nitrogens with zero attached hydrogens (tertiary/aromatic N) is 5. The zero-order valence-corrected chi connectivity index (χ0v) is 17.3. The highest BCUT2D eigenvalue weighted by molar-refractivity contribution is 8.24. The van der Waals surface area contributed by atoms with Crippen molar-refractivity contribution in [3.8, 4) is 0 Å². The zero-order valence-electron chi connectivity index (χ0n) is 16.5. The van der Waals surface area contributed by atoms with Crippen molar-refractivity contribution in [3.05, 3.63) is 24.5 Å². The van der Waals surface area contributed by atoms with Crippen LogP contribution in [0.25, 0.3) is 10.9 Å². The Morgan fingerprint density at radius 2 is 2.14 bits per heavy atom. The SMILES string of the molecule is N=CSC(N)=NCC1CCCN(c2ncnc3cc(N4CCOCC4)ccc23)C1. The number of anilines is 2. The Morgan fingerprint density at radius 3 is 2.97 bits per heavy atom. The van der Waals surface area contributed by atoms with Crippen LogP contribution >= 0.6 is 11.8 Å². The summed E-state index contributed by atoms with van der Waals surface area (Å²) in [4.78, 5) is 18.3. The molecule has 29 heavy (non-hydrogen) atoms. The van der Waals surface area contributed by atoms with Crippen LogP contribution in [0, 0.1) is 11.3 Å². The number of aromatic nitrogens is 2. The van der Waals surface area contributed by atoms with Crippen LogP contribution in [0.2, 0.25) is 0 Å². The highest BCUT2D eigenvalue weighted by Crippen LogP contribution is 2.30. The molecule has 0 spiro atoms. The van der Waals surface area contributed by atoms with E-state index in [2.05, 4.69) is 43.0 Å². The first kappa shape index (κ1) is 19.9. The standard InChI is InChI=1S/C20H27N7OS/c21-13-29-20(22)23-11-15-2-1-5-27(12-15)19-17-4-3-16(10-18(17)24-14-25-19)26-6-8-28-9-7-26/h3-4,10,13-15,21H,1-2,5-9,11-12H2,(H2,22,23). The Labute approximate surface area is 175 Å². The Balaban J connectivity index is 1.52. The fraction of sp³-hybridized carbons (Fsp3) is 0.500. The van der Waals surface area contributed by atoms with Crippen LogP contribution in [-0.2, 0) is 4.74 Å². The molecule has 1 aromatic carbocycles. The second-order valence-corrected chi connectivity index (χ2v) is 8.26. The summed E-state index contributed by atoms with van der Waals surface area (Å²) < 4.78 is 5.46. The molecule has 4 rings (SSSR count). The van der Waals surface area contributed by atoms with Gasteiger partial charge >= 0.3 is 0 Å². The largest absolute Gasteiger partial charge is 0.378 e. The summed E-state index contributed by atoms with van der Waals surface area (Å²) in [5, 5.41) is 8.65. The van der Waals surface area contributed by atoms with Crippen molar-refractivity contribution in [2.75, 3.05) is 55.7 Å². The van der Waals surface area contributed by atoms with E-state index in [0.717, 1.165) is 80.7 Å². The smallest absolute Gasteiger partial charge is 0.159 e. The van der Waals surface area contributed by atoms with Gasteiger partial charge in [-0.3, -0.25) is 4.99 Å². The van der Waals surface area contributed by atoms with Crippen LogP contribution in [0.15, 0.2) is 29.5 Å². The molecule has 2 aliphatic heterocycles. The van der Waals surface area contributed by atoms with Crippen molar-refractivity contribution in [1.29, 1.82) is 5.41 Å². The summed E-state index contributed by atoms with van der Waals surface area (Å²) in [7, 11) is 0. The fourth-order valence-corrected chi connectivity index (χ4v) is 4.29. The molecule has 0 bridgehead atoms. The number of thioether (sulfide) groups is 1. The summed E-state index contributed by atoms with van der Waals surface area (Å²) in [6, 6.07) is 6.48. The molecule has 1 atom stereocenters. The molecule has 1 aromatic heterocycles. The molecule has 1 unspecified atom stereocenters. The third kappa shape index (κ3) is 4.79. The quantitative estimate of drug-likeness (QED) is 0.573. The number of hydrogen-bond donors (Lipinski definition) is 2. The molecule has 2 fully saturated rings. The highest BCUT2D eigenvalue weighted by Gasteiger charge is 2.23. The summed E-state index contributed by atoms with van der Waals surface area (Å²) in [5.74, 6) is 1.44. The fourth-order valence-electron chi connectivity index (χ4n) is 4.02. The summed E-state index contributed by atoms with van der Waals surface area (Å²) >= 11 is 1.16. The predicted octanol–water partition coefficient (Wildman–Crippen LogP) is 2.34. The molecule has 2 aliphatic rings. The molecule has 0 amide bonds. The number of nitrogens with one attached hydrogen (secondary N) is 1. The minimum absolute atomic E-state index is 0.436. The van der Waals surface area contributed by atoms with E-state index in [-0.39, 0.29) is 0 Å². The first-order chi connectivity index (χ1) is 14.2. The molecule has 9 heteroatoms. The molecule has 154 valence electrons. The van der Waals surface area contributed by atoms with Crippen molar-refractivity contribution >= 4 is 44.9 Å². The van der Waals surface area contributed by atoms with Gasteiger partial charge in [0.15, 0.2) is 5.17 Å². The van der Waals surface area contributed by atoms with Crippen molar-refractivity contribution in [2.45, 2.75) is 12.8 Å². The molecule has 0 saturated carbocycles. The summed E-state index contributed by atoms with van der Waals surface area (Å²) in [5.41, 5.74) is 9.19. The number of morpholine rings is 1.